The molecule has 1 aliphatic heterocycles. The molecule has 0 spiro atoms. The number of amides is 1. The van der Waals surface area contributed by atoms with Crippen LogP contribution < -0.4 is 5.32 Å². The fourth-order valence-corrected chi connectivity index (χ4v) is 1.56. The minimum atomic E-state index is -1.39. The van der Waals surface area contributed by atoms with E-state index in [1.165, 1.54) is 13.8 Å². The SMILES string of the molecule is CC1(CNC(=O)C(C)(C)C(=O)O)CCCO1. The maximum absolute atomic E-state index is 11.7. The van der Waals surface area contributed by atoms with Crippen LogP contribution in [-0.2, 0) is 14.3 Å². The lowest BCUT2D eigenvalue weighted by Gasteiger charge is -2.26. The van der Waals surface area contributed by atoms with E-state index in [-0.39, 0.29) is 5.60 Å². The number of aliphatic carboxylic acids is 1. The summed E-state index contributed by atoms with van der Waals surface area (Å²) in [7, 11) is 0. The predicted molar refractivity (Wildman–Crippen MR) is 58.0 cm³/mol. The Bertz CT molecular complexity index is 292. The average Bonchev–Trinajstić information content (AvgIpc) is 2.62. The van der Waals surface area contributed by atoms with Gasteiger partial charge in [-0.1, -0.05) is 0 Å². The van der Waals surface area contributed by atoms with Crippen LogP contribution in [0.3, 0.4) is 0 Å². The van der Waals surface area contributed by atoms with Gasteiger partial charge in [0.25, 0.3) is 0 Å². The van der Waals surface area contributed by atoms with Gasteiger partial charge in [-0.2, -0.15) is 0 Å². The van der Waals surface area contributed by atoms with Crippen LogP contribution in [0.5, 0.6) is 0 Å². The van der Waals surface area contributed by atoms with Crippen LogP contribution in [0.2, 0.25) is 0 Å². The molecule has 0 saturated carbocycles. The number of hydrogen-bond donors (Lipinski definition) is 2. The predicted octanol–water partition coefficient (Wildman–Crippen LogP) is 0.782. The summed E-state index contributed by atoms with van der Waals surface area (Å²) in [5.74, 6) is -1.60. The van der Waals surface area contributed by atoms with Crippen molar-refractivity contribution in [2.45, 2.75) is 39.2 Å². The maximum Gasteiger partial charge on any atom is 0.318 e. The molecule has 0 aromatic rings. The Morgan fingerprint density at radius 2 is 2.12 bits per heavy atom. The lowest BCUT2D eigenvalue weighted by Crippen LogP contribution is -2.47. The lowest BCUT2D eigenvalue weighted by atomic mass is 9.92. The van der Waals surface area contributed by atoms with E-state index in [2.05, 4.69) is 5.32 Å². The molecule has 0 aromatic carbocycles. The molecule has 1 saturated heterocycles. The molecule has 1 fully saturated rings. The van der Waals surface area contributed by atoms with Gasteiger partial charge in [0.05, 0.1) is 5.60 Å². The van der Waals surface area contributed by atoms with Gasteiger partial charge in [0.15, 0.2) is 0 Å². The summed E-state index contributed by atoms with van der Waals surface area (Å²) in [5.41, 5.74) is -1.74. The van der Waals surface area contributed by atoms with E-state index < -0.39 is 17.3 Å². The van der Waals surface area contributed by atoms with Crippen molar-refractivity contribution in [3.8, 4) is 0 Å². The van der Waals surface area contributed by atoms with Gasteiger partial charge in [-0.3, -0.25) is 9.59 Å². The molecule has 0 bridgehead atoms. The van der Waals surface area contributed by atoms with Crippen molar-refractivity contribution in [2.75, 3.05) is 13.2 Å². The number of carboxylic acid groups (broad SMARTS) is 1. The third-order valence-corrected chi connectivity index (χ3v) is 3.03. The van der Waals surface area contributed by atoms with Crippen molar-refractivity contribution in [2.24, 2.45) is 5.41 Å². The highest BCUT2D eigenvalue weighted by molar-refractivity contribution is 6.00. The second-order valence-electron chi connectivity index (χ2n) is 5.01. The second kappa shape index (κ2) is 4.41. The van der Waals surface area contributed by atoms with Crippen molar-refractivity contribution in [3.05, 3.63) is 0 Å². The van der Waals surface area contributed by atoms with Crippen LogP contribution in [0.4, 0.5) is 0 Å². The van der Waals surface area contributed by atoms with Crippen molar-refractivity contribution in [1.29, 1.82) is 0 Å². The van der Waals surface area contributed by atoms with E-state index in [9.17, 15) is 9.59 Å². The zero-order valence-electron chi connectivity index (χ0n) is 10.0. The molecule has 0 aliphatic carbocycles. The minimum absolute atomic E-state index is 0.343. The third kappa shape index (κ3) is 2.72. The molecule has 1 amide bonds. The van der Waals surface area contributed by atoms with Gasteiger partial charge >= 0.3 is 5.97 Å². The van der Waals surface area contributed by atoms with E-state index in [1.807, 2.05) is 6.92 Å². The van der Waals surface area contributed by atoms with Gasteiger partial charge in [-0.15, -0.1) is 0 Å². The second-order valence-corrected chi connectivity index (χ2v) is 5.01. The molecule has 1 atom stereocenters. The highest BCUT2D eigenvalue weighted by Crippen LogP contribution is 2.24. The Morgan fingerprint density at radius 1 is 1.50 bits per heavy atom. The molecule has 5 nitrogen and oxygen atoms in total. The van der Waals surface area contributed by atoms with Crippen LogP contribution in [0.1, 0.15) is 33.6 Å². The summed E-state index contributed by atoms with van der Waals surface area (Å²) in [6.07, 6.45) is 1.87. The molecule has 1 aliphatic rings. The smallest absolute Gasteiger partial charge is 0.318 e. The molecule has 2 N–H and O–H groups in total. The number of carboxylic acids is 1. The first-order valence-electron chi connectivity index (χ1n) is 5.44. The van der Waals surface area contributed by atoms with Crippen molar-refractivity contribution >= 4 is 11.9 Å². The summed E-state index contributed by atoms with van der Waals surface area (Å²) in [6, 6.07) is 0. The van der Waals surface area contributed by atoms with Crippen molar-refractivity contribution in [3.63, 3.8) is 0 Å². The van der Waals surface area contributed by atoms with Crippen LogP contribution in [0.15, 0.2) is 0 Å². The van der Waals surface area contributed by atoms with E-state index in [4.69, 9.17) is 9.84 Å². The minimum Gasteiger partial charge on any atom is -0.480 e. The van der Waals surface area contributed by atoms with E-state index in [0.717, 1.165) is 12.8 Å². The summed E-state index contributed by atoms with van der Waals surface area (Å²) in [6.45, 7) is 5.77. The Labute approximate surface area is 95.2 Å². The molecular weight excluding hydrogens is 210 g/mol. The summed E-state index contributed by atoms with van der Waals surface area (Å²) in [4.78, 5) is 22.5. The first-order chi connectivity index (χ1) is 7.28. The van der Waals surface area contributed by atoms with Crippen LogP contribution >= 0.6 is 0 Å². The fraction of sp³-hybridized carbons (Fsp3) is 0.818. The van der Waals surface area contributed by atoms with Crippen molar-refractivity contribution in [1.82, 2.24) is 5.32 Å². The highest BCUT2D eigenvalue weighted by atomic mass is 16.5. The number of ether oxygens (including phenoxy) is 1. The normalized spacial score (nSPS) is 25.4. The number of rotatable bonds is 4. The Morgan fingerprint density at radius 3 is 2.56 bits per heavy atom. The molecule has 1 unspecified atom stereocenters. The zero-order valence-corrected chi connectivity index (χ0v) is 10.0. The topological polar surface area (TPSA) is 75.6 Å². The highest BCUT2D eigenvalue weighted by Gasteiger charge is 2.38. The maximum atomic E-state index is 11.7. The largest absolute Gasteiger partial charge is 0.480 e. The molecule has 0 aromatic heterocycles. The van der Waals surface area contributed by atoms with Gasteiger partial charge < -0.3 is 15.2 Å². The van der Waals surface area contributed by atoms with Gasteiger partial charge in [0.2, 0.25) is 5.91 Å². The quantitative estimate of drug-likeness (QED) is 0.699. The molecule has 92 valence electrons. The van der Waals surface area contributed by atoms with E-state index in [1.54, 1.807) is 0 Å². The summed E-state index contributed by atoms with van der Waals surface area (Å²) in [5, 5.41) is 11.5. The van der Waals surface area contributed by atoms with Gasteiger partial charge in [-0.05, 0) is 33.6 Å². The summed E-state index contributed by atoms with van der Waals surface area (Å²) >= 11 is 0. The lowest BCUT2D eigenvalue weighted by molar-refractivity contribution is -0.153. The molecule has 16 heavy (non-hydrogen) atoms. The molecular formula is C11H19NO4. The van der Waals surface area contributed by atoms with Crippen LogP contribution in [0, 0.1) is 5.41 Å². The third-order valence-electron chi connectivity index (χ3n) is 3.03. The molecule has 5 heteroatoms. The van der Waals surface area contributed by atoms with Gasteiger partial charge in [-0.25, -0.2) is 0 Å². The number of carbonyl (C=O) groups is 2. The first-order valence-corrected chi connectivity index (χ1v) is 5.44. The van der Waals surface area contributed by atoms with Crippen LogP contribution in [-0.4, -0.2) is 35.7 Å². The summed E-state index contributed by atoms with van der Waals surface area (Å²) < 4.78 is 5.50. The van der Waals surface area contributed by atoms with Gasteiger partial charge in [0.1, 0.15) is 5.41 Å². The van der Waals surface area contributed by atoms with Gasteiger partial charge in [0, 0.05) is 13.2 Å². The standard InChI is InChI=1S/C11H19NO4/c1-10(2,9(14)15)8(13)12-7-11(3)5-4-6-16-11/h4-7H2,1-3H3,(H,12,13)(H,14,15). The molecule has 1 rings (SSSR count). The van der Waals surface area contributed by atoms with Crippen LogP contribution in [0.25, 0.3) is 0 Å². The molecule has 1 heterocycles. The first kappa shape index (κ1) is 13.0. The Kier molecular flexibility index (Phi) is 3.57. The van der Waals surface area contributed by atoms with E-state index in [0.29, 0.717) is 13.2 Å². The number of carbonyl (C=O) groups excluding carboxylic acids is 1. The fourth-order valence-electron chi connectivity index (χ4n) is 1.56. The Hall–Kier alpha value is -1.10. The van der Waals surface area contributed by atoms with E-state index >= 15 is 0 Å². The zero-order chi connectivity index (χ0) is 12.4. The number of nitrogens with one attached hydrogen (secondary N) is 1. The van der Waals surface area contributed by atoms with Crippen molar-refractivity contribution < 1.29 is 19.4 Å². The molecule has 0 radical (unpaired) electrons. The average molecular weight is 229 g/mol. The monoisotopic (exact) mass is 229 g/mol. The Balaban J connectivity index is 2.49. The number of hydrogen-bond acceptors (Lipinski definition) is 3.